The zero-order valence-corrected chi connectivity index (χ0v) is 29.3. The quantitative estimate of drug-likeness (QED) is 0.220. The Labute approximate surface area is 281 Å². The average Bonchev–Trinajstić information content (AvgIpc) is 3.36. The van der Waals surface area contributed by atoms with E-state index in [1.165, 1.54) is 38.2 Å². The number of aldehydes is 1. The van der Waals surface area contributed by atoms with E-state index in [-0.39, 0.29) is 28.7 Å². The van der Waals surface area contributed by atoms with Crippen LogP contribution in [0.15, 0.2) is 36.4 Å². The van der Waals surface area contributed by atoms with E-state index in [9.17, 15) is 23.1 Å². The van der Waals surface area contributed by atoms with Crippen molar-refractivity contribution < 1.29 is 27.8 Å². The fourth-order valence-corrected chi connectivity index (χ4v) is 6.11. The molecular formula is C38H55BF2N2O4. The molecule has 1 spiro atoms. The van der Waals surface area contributed by atoms with Gasteiger partial charge >= 0.3 is 36.9 Å². The Bertz CT molecular complexity index is 1350. The van der Waals surface area contributed by atoms with E-state index in [1.54, 1.807) is 19.9 Å². The molecule has 1 heterocycles. The van der Waals surface area contributed by atoms with E-state index in [2.05, 4.69) is 5.32 Å². The van der Waals surface area contributed by atoms with Crippen molar-refractivity contribution in [2.75, 3.05) is 6.54 Å². The van der Waals surface area contributed by atoms with Crippen LogP contribution in [-0.2, 0) is 19.7 Å². The maximum absolute atomic E-state index is 14.7. The molecule has 1 amide bonds. The number of hydrogen-bond donors (Lipinski definition) is 2. The van der Waals surface area contributed by atoms with E-state index in [0.717, 1.165) is 68.0 Å². The smallest absolute Gasteiger partial charge is 0.119 e. The molecule has 4 fully saturated rings. The summed E-state index contributed by atoms with van der Waals surface area (Å²) in [5.41, 5.74) is 8.16. The molecule has 0 bridgehead atoms. The van der Waals surface area contributed by atoms with Gasteiger partial charge in [-0.25, -0.2) is 8.78 Å². The largest absolute Gasteiger partial charge is 0.308 e. The zero-order valence-electron chi connectivity index (χ0n) is 29.3. The van der Waals surface area contributed by atoms with Crippen molar-refractivity contribution in [3.63, 3.8) is 0 Å². The van der Waals surface area contributed by atoms with Crippen molar-refractivity contribution >= 4 is 19.3 Å². The molecule has 2 aromatic carbocycles. The Morgan fingerprint density at radius 1 is 1.11 bits per heavy atom. The van der Waals surface area contributed by atoms with Gasteiger partial charge in [-0.3, -0.25) is 4.79 Å². The Morgan fingerprint density at radius 2 is 1.74 bits per heavy atom. The third-order valence-electron chi connectivity index (χ3n) is 9.94. The maximum atomic E-state index is 14.7. The zero-order chi connectivity index (χ0) is 34.8. The average molecular weight is 653 g/mol. The summed E-state index contributed by atoms with van der Waals surface area (Å²) in [5, 5.41) is 3.36. The van der Waals surface area contributed by atoms with Crippen molar-refractivity contribution in [1.82, 2.24) is 5.32 Å². The fourth-order valence-electron chi connectivity index (χ4n) is 6.11. The molecular weight excluding hydrogens is 597 g/mol. The van der Waals surface area contributed by atoms with Gasteiger partial charge in [-0.05, 0) is 106 Å². The summed E-state index contributed by atoms with van der Waals surface area (Å²) in [6.07, 6.45) is 12.2. The van der Waals surface area contributed by atoms with Crippen LogP contribution < -0.4 is 15.8 Å². The predicted octanol–water partition coefficient (Wildman–Crippen LogP) is 8.54. The molecule has 3 aliphatic carbocycles. The molecule has 2 aromatic rings. The number of hydrogen-bond acceptors (Lipinski definition) is 5. The van der Waals surface area contributed by atoms with Gasteiger partial charge in [0.05, 0.1) is 11.5 Å². The standard InChI is InChI=1S/C24H30FNO2.C7H12FN.C4H7BO.C3H6O/c1-15(2)22-18(10-7-11-20(22)25)19-14-16(24(3,4)23(26)27)12-13-21(19)28-17-8-5-6-9-17;8-6-4-7(9-5-6)2-1-3-7;1-4(5-6)2-3-4;1-2-3-4/h7,10-15,17H,5-6,8-9H2,1-4H3,(H2,26,27);6,9H,1-5H2;2-3H2,1H3;3H,2H2,1H3. The van der Waals surface area contributed by atoms with Gasteiger partial charge in [-0.2, -0.15) is 0 Å². The summed E-state index contributed by atoms with van der Waals surface area (Å²) in [7, 11) is 1.05. The van der Waals surface area contributed by atoms with Crippen molar-refractivity contribution in [2.24, 2.45) is 5.73 Å². The molecule has 0 aromatic heterocycles. The number of nitrogens with two attached hydrogens (primary N) is 1. The van der Waals surface area contributed by atoms with E-state index < -0.39 is 17.5 Å². The van der Waals surface area contributed by atoms with Crippen molar-refractivity contribution in [1.29, 1.82) is 0 Å². The van der Waals surface area contributed by atoms with Crippen LogP contribution in [-0.4, -0.2) is 43.7 Å². The Kier molecular flexibility index (Phi) is 13.9. The molecule has 3 saturated carbocycles. The van der Waals surface area contributed by atoms with E-state index in [0.29, 0.717) is 18.5 Å². The normalized spacial score (nSPS) is 20.3. The predicted molar refractivity (Wildman–Crippen MR) is 186 cm³/mol. The van der Waals surface area contributed by atoms with Gasteiger partial charge in [0.15, 0.2) is 0 Å². The number of nitrogens with one attached hydrogen (secondary N) is 1. The van der Waals surface area contributed by atoms with Gasteiger partial charge in [0.1, 0.15) is 24.0 Å². The molecule has 6 rings (SSSR count). The summed E-state index contributed by atoms with van der Waals surface area (Å²) >= 11 is 0. The maximum Gasteiger partial charge on any atom is 0.119 e. The Balaban J connectivity index is 0.000000252. The van der Waals surface area contributed by atoms with Gasteiger partial charge in [0.25, 0.3) is 0 Å². The number of alkyl halides is 1. The topological polar surface area (TPSA) is 98.5 Å². The summed E-state index contributed by atoms with van der Waals surface area (Å²) in [6, 6.07) is 10.9. The molecule has 1 atom stereocenters. The molecule has 47 heavy (non-hydrogen) atoms. The molecule has 3 N–H and O–H groups in total. The van der Waals surface area contributed by atoms with Crippen LogP contribution in [0.25, 0.3) is 11.1 Å². The monoisotopic (exact) mass is 652 g/mol. The second-order valence-electron chi connectivity index (χ2n) is 14.7. The third kappa shape index (κ3) is 10.5. The minimum absolute atomic E-state index is 0.0170. The van der Waals surface area contributed by atoms with E-state index in [4.69, 9.17) is 10.5 Å². The van der Waals surface area contributed by atoms with Crippen LogP contribution in [0.1, 0.15) is 129 Å². The first kappa shape index (κ1) is 38.5. The van der Waals surface area contributed by atoms with Crippen molar-refractivity contribution in [3.8, 4) is 16.9 Å². The van der Waals surface area contributed by atoms with Crippen molar-refractivity contribution in [2.45, 2.75) is 147 Å². The third-order valence-corrected chi connectivity index (χ3v) is 9.94. The molecule has 1 saturated heterocycles. The second-order valence-corrected chi connectivity index (χ2v) is 14.7. The first-order valence-corrected chi connectivity index (χ1v) is 17.4. The minimum Gasteiger partial charge on any atom is -0.308 e. The number of carbonyl (C=O) groups is 2. The Hall–Kier alpha value is -2.94. The van der Waals surface area contributed by atoms with Gasteiger partial charge < -0.3 is 20.6 Å². The first-order valence-electron chi connectivity index (χ1n) is 17.4. The SMILES string of the molecule is CC(C)c1c(F)cccc1-c1cc(C(C)(C)C(N)=O)ccc1OC1CCCC1.CC1(B=O)CC1.CCC=O.FC1CNC2(CCC2)C1. The molecule has 1 aliphatic heterocycles. The number of rotatable bonds is 8. The summed E-state index contributed by atoms with van der Waals surface area (Å²) in [4.78, 5) is 21.2. The van der Waals surface area contributed by atoms with Gasteiger partial charge in [-0.1, -0.05) is 39.0 Å². The molecule has 6 nitrogen and oxygen atoms in total. The number of halogens is 2. The van der Waals surface area contributed by atoms with Crippen LogP contribution >= 0.6 is 0 Å². The van der Waals surface area contributed by atoms with E-state index >= 15 is 0 Å². The minimum atomic E-state index is -0.827. The molecule has 9 heteroatoms. The molecule has 258 valence electrons. The van der Waals surface area contributed by atoms with Crippen LogP contribution in [0.5, 0.6) is 5.75 Å². The summed E-state index contributed by atoms with van der Waals surface area (Å²) in [6.45, 7) is 12.0. The first-order chi connectivity index (χ1) is 22.2. The fraction of sp³-hybridized carbons (Fsp3) is 0.632. The number of benzene rings is 2. The van der Waals surface area contributed by atoms with Gasteiger partial charge in [0.2, 0.25) is 5.91 Å². The number of ether oxygens (including phenoxy) is 1. The van der Waals surface area contributed by atoms with Gasteiger partial charge in [-0.15, -0.1) is 0 Å². The molecule has 1 unspecified atom stereocenters. The second kappa shape index (κ2) is 16.9. The van der Waals surface area contributed by atoms with Crippen LogP contribution in [0.3, 0.4) is 0 Å². The van der Waals surface area contributed by atoms with Crippen LogP contribution in [0.2, 0.25) is 5.31 Å². The number of carbonyl (C=O) groups excluding carboxylic acids is 2. The summed E-state index contributed by atoms with van der Waals surface area (Å²) < 4.78 is 43.5. The van der Waals surface area contributed by atoms with Crippen LogP contribution in [0, 0.1) is 5.82 Å². The molecule has 4 aliphatic rings. The Morgan fingerprint density at radius 3 is 2.15 bits per heavy atom. The summed E-state index contributed by atoms with van der Waals surface area (Å²) in [5.74, 6) is 0.136. The van der Waals surface area contributed by atoms with E-state index in [1.807, 2.05) is 52.0 Å². The number of amides is 1. The van der Waals surface area contributed by atoms with Gasteiger partial charge in [0, 0.05) is 24.1 Å². The van der Waals surface area contributed by atoms with Crippen molar-refractivity contribution in [3.05, 3.63) is 53.3 Å². The van der Waals surface area contributed by atoms with Crippen LogP contribution in [0.4, 0.5) is 8.78 Å². The number of primary amides is 1. The molecule has 0 radical (unpaired) electrons.